The summed E-state index contributed by atoms with van der Waals surface area (Å²) < 4.78 is 0.889. The number of benzene rings is 1. The summed E-state index contributed by atoms with van der Waals surface area (Å²) in [7, 11) is 0. The number of aliphatic hydroxyl groups is 1. The minimum atomic E-state index is -0.441. The van der Waals surface area contributed by atoms with Crippen LogP contribution in [0.15, 0.2) is 16.6 Å². The molecule has 17 heavy (non-hydrogen) atoms. The normalized spacial score (nSPS) is 12.3. The Morgan fingerprint density at radius 1 is 1.47 bits per heavy atom. The Labute approximate surface area is 110 Å². The van der Waals surface area contributed by atoms with E-state index >= 15 is 0 Å². The van der Waals surface area contributed by atoms with Crippen LogP contribution < -0.4 is 5.32 Å². The number of carbonyl (C=O) groups is 1. The maximum Gasteiger partial charge on any atom is 0.224 e. The minimum absolute atomic E-state index is 0.0708. The van der Waals surface area contributed by atoms with Gasteiger partial charge in [0.25, 0.3) is 0 Å². The molecule has 1 aromatic rings. The lowest BCUT2D eigenvalue weighted by atomic mass is 10.1. The molecule has 0 aromatic heterocycles. The zero-order valence-electron chi connectivity index (χ0n) is 10.4. The van der Waals surface area contributed by atoms with E-state index in [1.807, 2.05) is 26.0 Å². The van der Waals surface area contributed by atoms with Crippen LogP contribution in [0, 0.1) is 13.8 Å². The van der Waals surface area contributed by atoms with E-state index in [0.29, 0.717) is 12.8 Å². The summed E-state index contributed by atoms with van der Waals surface area (Å²) in [5, 5.41) is 12.0. The van der Waals surface area contributed by atoms with Gasteiger partial charge in [0.05, 0.1) is 11.8 Å². The molecule has 0 aliphatic heterocycles. The summed E-state index contributed by atoms with van der Waals surface area (Å²) in [5.74, 6) is -0.0708. The van der Waals surface area contributed by atoms with Crippen LogP contribution in [0.3, 0.4) is 0 Å². The first kappa shape index (κ1) is 14.2. The Kier molecular flexibility index (Phi) is 5.15. The molecule has 4 heteroatoms. The summed E-state index contributed by atoms with van der Waals surface area (Å²) in [6, 6.07) is 3.99. The van der Waals surface area contributed by atoms with E-state index in [4.69, 9.17) is 5.11 Å². The molecule has 3 nitrogen and oxygen atoms in total. The largest absolute Gasteiger partial charge is 0.393 e. The molecule has 94 valence electrons. The molecule has 0 saturated heterocycles. The highest BCUT2D eigenvalue weighted by Gasteiger charge is 2.09. The molecule has 0 fully saturated rings. The molecule has 2 N–H and O–H groups in total. The highest BCUT2D eigenvalue weighted by molar-refractivity contribution is 9.10. The summed E-state index contributed by atoms with van der Waals surface area (Å²) in [6.45, 7) is 5.65. The fraction of sp³-hybridized carbons (Fsp3) is 0.462. The highest BCUT2D eigenvalue weighted by Crippen LogP contribution is 2.27. The van der Waals surface area contributed by atoms with Gasteiger partial charge in [-0.15, -0.1) is 0 Å². The van der Waals surface area contributed by atoms with E-state index in [9.17, 15) is 4.79 Å². The molecule has 0 aliphatic carbocycles. The van der Waals surface area contributed by atoms with Crippen molar-refractivity contribution < 1.29 is 9.90 Å². The lowest BCUT2D eigenvalue weighted by Gasteiger charge is -2.12. The number of nitrogens with one attached hydrogen (secondary N) is 1. The first-order valence-electron chi connectivity index (χ1n) is 5.65. The maximum atomic E-state index is 11.7. The molecule has 1 amide bonds. The number of aliphatic hydroxyl groups excluding tert-OH is 1. The van der Waals surface area contributed by atoms with Crippen LogP contribution in [0.25, 0.3) is 0 Å². The lowest BCUT2D eigenvalue weighted by molar-refractivity contribution is -0.116. The third kappa shape index (κ3) is 4.48. The second kappa shape index (κ2) is 6.17. The van der Waals surface area contributed by atoms with Crippen molar-refractivity contribution in [1.82, 2.24) is 0 Å². The topological polar surface area (TPSA) is 49.3 Å². The molecule has 0 aliphatic rings. The smallest absolute Gasteiger partial charge is 0.224 e. The Morgan fingerprint density at radius 3 is 2.65 bits per heavy atom. The number of aryl methyl sites for hydroxylation is 2. The second-order valence-corrected chi connectivity index (χ2v) is 5.23. The molecular weight excluding hydrogens is 282 g/mol. The van der Waals surface area contributed by atoms with Crippen LogP contribution in [0.5, 0.6) is 0 Å². The molecular formula is C13H18BrNO2. The third-order valence-electron chi connectivity index (χ3n) is 2.49. The predicted octanol–water partition coefficient (Wildman–Crippen LogP) is 3.17. The highest BCUT2D eigenvalue weighted by atomic mass is 79.9. The average molecular weight is 300 g/mol. The minimum Gasteiger partial charge on any atom is -0.393 e. The molecule has 0 radical (unpaired) electrons. The van der Waals surface area contributed by atoms with Crippen LogP contribution in [0.4, 0.5) is 5.69 Å². The zero-order chi connectivity index (χ0) is 13.0. The molecule has 1 unspecified atom stereocenters. The molecule has 1 aromatic carbocycles. The van der Waals surface area contributed by atoms with E-state index in [-0.39, 0.29) is 5.91 Å². The molecule has 1 rings (SSSR count). The Morgan fingerprint density at radius 2 is 2.12 bits per heavy atom. The number of anilines is 1. The Bertz CT molecular complexity index is 393. The molecule has 0 saturated carbocycles. The van der Waals surface area contributed by atoms with Gasteiger partial charge in [-0.2, -0.15) is 0 Å². The van der Waals surface area contributed by atoms with E-state index in [1.54, 1.807) is 6.92 Å². The van der Waals surface area contributed by atoms with Crippen molar-refractivity contribution in [3.63, 3.8) is 0 Å². The van der Waals surface area contributed by atoms with Gasteiger partial charge < -0.3 is 10.4 Å². The average Bonchev–Trinajstić information content (AvgIpc) is 2.20. The van der Waals surface area contributed by atoms with Gasteiger partial charge in [-0.05, 0) is 60.3 Å². The standard InChI is InChI=1S/C13H18BrNO2/c1-8-6-9(2)13(11(14)7-8)15-12(17)5-4-10(3)16/h6-7,10,16H,4-5H2,1-3H3,(H,15,17). The Balaban J connectivity index is 2.72. The van der Waals surface area contributed by atoms with Crippen molar-refractivity contribution in [2.75, 3.05) is 5.32 Å². The number of hydrogen-bond acceptors (Lipinski definition) is 2. The summed E-state index contributed by atoms with van der Waals surface area (Å²) in [5.41, 5.74) is 2.99. The van der Waals surface area contributed by atoms with Gasteiger partial charge in [0, 0.05) is 10.9 Å². The van der Waals surface area contributed by atoms with E-state index in [0.717, 1.165) is 21.3 Å². The number of halogens is 1. The van der Waals surface area contributed by atoms with Gasteiger partial charge in [-0.1, -0.05) is 6.07 Å². The zero-order valence-corrected chi connectivity index (χ0v) is 12.0. The van der Waals surface area contributed by atoms with E-state index in [2.05, 4.69) is 21.2 Å². The molecule has 0 spiro atoms. The summed E-state index contributed by atoms with van der Waals surface area (Å²) in [6.07, 6.45) is 0.370. The predicted molar refractivity (Wildman–Crippen MR) is 73.2 cm³/mol. The maximum absolute atomic E-state index is 11.7. The number of amides is 1. The van der Waals surface area contributed by atoms with Gasteiger partial charge >= 0.3 is 0 Å². The molecule has 0 bridgehead atoms. The van der Waals surface area contributed by atoms with Crippen molar-refractivity contribution in [1.29, 1.82) is 0 Å². The first-order valence-corrected chi connectivity index (χ1v) is 6.44. The van der Waals surface area contributed by atoms with Crippen molar-refractivity contribution in [3.8, 4) is 0 Å². The summed E-state index contributed by atoms with van der Waals surface area (Å²) in [4.78, 5) is 11.7. The van der Waals surface area contributed by atoms with Crippen LogP contribution in [-0.2, 0) is 4.79 Å². The van der Waals surface area contributed by atoms with Crippen molar-refractivity contribution in [2.24, 2.45) is 0 Å². The first-order chi connectivity index (χ1) is 7.90. The van der Waals surface area contributed by atoms with Gasteiger partial charge in [-0.3, -0.25) is 4.79 Å². The fourth-order valence-corrected chi connectivity index (χ4v) is 2.39. The molecule has 1 atom stereocenters. The number of carbonyl (C=O) groups excluding carboxylic acids is 1. The van der Waals surface area contributed by atoms with Crippen LogP contribution in [-0.4, -0.2) is 17.1 Å². The quantitative estimate of drug-likeness (QED) is 0.897. The fourth-order valence-electron chi connectivity index (χ4n) is 1.62. The number of rotatable bonds is 4. The third-order valence-corrected chi connectivity index (χ3v) is 3.11. The number of hydrogen-bond donors (Lipinski definition) is 2. The van der Waals surface area contributed by atoms with Crippen LogP contribution in [0.2, 0.25) is 0 Å². The molecule has 0 heterocycles. The van der Waals surface area contributed by atoms with E-state index in [1.165, 1.54) is 0 Å². The monoisotopic (exact) mass is 299 g/mol. The van der Waals surface area contributed by atoms with Crippen molar-refractivity contribution in [2.45, 2.75) is 39.7 Å². The second-order valence-electron chi connectivity index (χ2n) is 4.37. The van der Waals surface area contributed by atoms with Crippen LogP contribution >= 0.6 is 15.9 Å². The van der Waals surface area contributed by atoms with Crippen molar-refractivity contribution in [3.05, 3.63) is 27.7 Å². The SMILES string of the molecule is Cc1cc(C)c(NC(=O)CCC(C)O)c(Br)c1. The lowest BCUT2D eigenvalue weighted by Crippen LogP contribution is -2.15. The van der Waals surface area contributed by atoms with Crippen LogP contribution in [0.1, 0.15) is 30.9 Å². The van der Waals surface area contributed by atoms with Crippen molar-refractivity contribution >= 4 is 27.5 Å². The van der Waals surface area contributed by atoms with Gasteiger partial charge in [0.1, 0.15) is 0 Å². The van der Waals surface area contributed by atoms with Gasteiger partial charge in [0.2, 0.25) is 5.91 Å². The van der Waals surface area contributed by atoms with Gasteiger partial charge in [-0.25, -0.2) is 0 Å². The van der Waals surface area contributed by atoms with Gasteiger partial charge in [0.15, 0.2) is 0 Å². The van der Waals surface area contributed by atoms with E-state index < -0.39 is 6.10 Å². The Hall–Kier alpha value is -0.870. The summed E-state index contributed by atoms with van der Waals surface area (Å²) >= 11 is 3.44.